The van der Waals surface area contributed by atoms with E-state index in [9.17, 15) is 13.0 Å². The molecule has 2 aromatic carbocycles. The van der Waals surface area contributed by atoms with Crippen molar-refractivity contribution in [2.75, 3.05) is 7.11 Å². The maximum absolute atomic E-state index is 11.4. The summed E-state index contributed by atoms with van der Waals surface area (Å²) >= 11 is 2.12. The van der Waals surface area contributed by atoms with Gasteiger partial charge in [0.15, 0.2) is 0 Å². The van der Waals surface area contributed by atoms with Crippen LogP contribution in [0, 0.1) is 10.5 Å². The Hall–Kier alpha value is -1.12. The van der Waals surface area contributed by atoms with Crippen molar-refractivity contribution in [2.24, 2.45) is 0 Å². The fourth-order valence-corrected chi connectivity index (χ4v) is 3.13. The molecule has 0 spiro atoms. The highest BCUT2D eigenvalue weighted by atomic mass is 127. The van der Waals surface area contributed by atoms with Gasteiger partial charge in [-0.1, -0.05) is 17.7 Å². The Kier molecular flexibility index (Phi) is 4.36. The molecule has 4 nitrogen and oxygen atoms in total. The van der Waals surface area contributed by atoms with E-state index in [4.69, 9.17) is 4.74 Å². The molecular weight excluding hydrogens is 391 g/mol. The van der Waals surface area contributed by atoms with Crippen molar-refractivity contribution < 1.29 is 17.7 Å². The number of hydrogen-bond acceptors (Lipinski definition) is 4. The summed E-state index contributed by atoms with van der Waals surface area (Å²) in [6, 6.07) is 10.0. The minimum Gasteiger partial charge on any atom is -0.744 e. The first kappa shape index (κ1) is 15.3. The van der Waals surface area contributed by atoms with Crippen LogP contribution in [0.3, 0.4) is 0 Å². The second kappa shape index (κ2) is 5.71. The molecule has 106 valence electrons. The van der Waals surface area contributed by atoms with Crippen LogP contribution in [-0.2, 0) is 10.1 Å². The summed E-state index contributed by atoms with van der Waals surface area (Å²) in [5.41, 5.74) is 1.83. The van der Waals surface area contributed by atoms with E-state index >= 15 is 0 Å². The largest absolute Gasteiger partial charge is 0.744 e. The SMILES string of the molecule is COc1ccc(I)cc1-c1cc(C)ccc1S(=O)(=O)[O-]. The van der Waals surface area contributed by atoms with E-state index < -0.39 is 10.1 Å². The molecule has 0 atom stereocenters. The summed E-state index contributed by atoms with van der Waals surface area (Å²) in [6.45, 7) is 1.84. The first-order valence-electron chi connectivity index (χ1n) is 5.73. The van der Waals surface area contributed by atoms with Gasteiger partial charge in [0.1, 0.15) is 15.9 Å². The maximum Gasteiger partial charge on any atom is 0.126 e. The third kappa shape index (κ3) is 3.13. The molecule has 0 heterocycles. The quantitative estimate of drug-likeness (QED) is 0.583. The molecule has 2 aromatic rings. The number of aryl methyl sites for hydroxylation is 1. The Morgan fingerprint density at radius 2 is 1.80 bits per heavy atom. The predicted molar refractivity (Wildman–Crippen MR) is 83.8 cm³/mol. The normalized spacial score (nSPS) is 11.4. The number of ether oxygens (including phenoxy) is 1. The van der Waals surface area contributed by atoms with Gasteiger partial charge in [-0.2, -0.15) is 0 Å². The second-order valence-corrected chi connectivity index (χ2v) is 6.89. The minimum atomic E-state index is -4.54. The Balaban J connectivity index is 2.81. The van der Waals surface area contributed by atoms with Gasteiger partial charge in [0.25, 0.3) is 0 Å². The summed E-state index contributed by atoms with van der Waals surface area (Å²) in [7, 11) is -3.04. The summed E-state index contributed by atoms with van der Waals surface area (Å²) in [4.78, 5) is -0.233. The van der Waals surface area contributed by atoms with Gasteiger partial charge in [0, 0.05) is 14.7 Å². The average molecular weight is 403 g/mol. The smallest absolute Gasteiger partial charge is 0.126 e. The van der Waals surface area contributed by atoms with Crippen LogP contribution in [0.1, 0.15) is 5.56 Å². The molecule has 0 radical (unpaired) electrons. The van der Waals surface area contributed by atoms with Gasteiger partial charge in [-0.3, -0.25) is 0 Å². The third-order valence-corrected chi connectivity index (χ3v) is 4.42. The zero-order valence-corrected chi connectivity index (χ0v) is 13.9. The molecule has 20 heavy (non-hydrogen) atoms. The van der Waals surface area contributed by atoms with Gasteiger partial charge in [0.2, 0.25) is 0 Å². The van der Waals surface area contributed by atoms with Crippen LogP contribution in [0.15, 0.2) is 41.3 Å². The monoisotopic (exact) mass is 403 g/mol. The van der Waals surface area contributed by atoms with Crippen LogP contribution in [0.25, 0.3) is 11.1 Å². The lowest BCUT2D eigenvalue weighted by molar-refractivity contribution is 0.416. The lowest BCUT2D eigenvalue weighted by Gasteiger charge is -2.16. The molecule has 0 saturated carbocycles. The van der Waals surface area contributed by atoms with E-state index in [2.05, 4.69) is 22.6 Å². The van der Waals surface area contributed by atoms with Gasteiger partial charge in [-0.25, -0.2) is 8.42 Å². The zero-order valence-electron chi connectivity index (χ0n) is 10.9. The highest BCUT2D eigenvalue weighted by Gasteiger charge is 2.15. The molecule has 0 saturated heterocycles. The minimum absolute atomic E-state index is 0.233. The summed E-state index contributed by atoms with van der Waals surface area (Å²) < 4.78 is 40.5. The lowest BCUT2D eigenvalue weighted by atomic mass is 10.0. The molecule has 0 N–H and O–H groups in total. The van der Waals surface area contributed by atoms with Crippen molar-refractivity contribution in [1.82, 2.24) is 0 Å². The molecule has 2 rings (SSSR count). The number of methoxy groups -OCH3 is 1. The zero-order chi connectivity index (χ0) is 14.9. The molecule has 0 aliphatic carbocycles. The lowest BCUT2D eigenvalue weighted by Crippen LogP contribution is -2.02. The van der Waals surface area contributed by atoms with Crippen LogP contribution in [0.2, 0.25) is 0 Å². The number of rotatable bonds is 3. The predicted octanol–water partition coefficient (Wildman–Crippen LogP) is 3.18. The molecule has 0 aliphatic rings. The van der Waals surface area contributed by atoms with Crippen molar-refractivity contribution in [3.63, 3.8) is 0 Å². The molecule has 6 heteroatoms. The molecule has 0 fully saturated rings. The Labute approximate surface area is 131 Å². The summed E-state index contributed by atoms with van der Waals surface area (Å²) in [6.07, 6.45) is 0. The van der Waals surface area contributed by atoms with Crippen molar-refractivity contribution in [2.45, 2.75) is 11.8 Å². The second-order valence-electron chi connectivity index (χ2n) is 4.30. The molecule has 0 bridgehead atoms. The number of halogens is 1. The van der Waals surface area contributed by atoms with E-state index in [1.54, 1.807) is 24.3 Å². The van der Waals surface area contributed by atoms with Gasteiger partial charge in [-0.05, 0) is 53.8 Å². The van der Waals surface area contributed by atoms with E-state index in [1.807, 2.05) is 13.0 Å². The molecular formula is C14H12IO4S-. The van der Waals surface area contributed by atoms with Crippen LogP contribution in [0.5, 0.6) is 5.75 Å². The highest BCUT2D eigenvalue weighted by Crippen LogP contribution is 2.36. The Morgan fingerprint density at radius 1 is 1.10 bits per heavy atom. The molecule has 0 aromatic heterocycles. The van der Waals surface area contributed by atoms with Gasteiger partial charge < -0.3 is 9.29 Å². The molecule has 0 unspecified atom stereocenters. The first-order chi connectivity index (χ1) is 9.32. The number of hydrogen-bond donors (Lipinski definition) is 0. The van der Waals surface area contributed by atoms with Crippen LogP contribution >= 0.6 is 22.6 Å². The summed E-state index contributed by atoms with van der Waals surface area (Å²) in [5.74, 6) is 0.529. The van der Waals surface area contributed by atoms with Gasteiger partial charge in [-0.15, -0.1) is 0 Å². The van der Waals surface area contributed by atoms with Crippen molar-refractivity contribution in [3.05, 3.63) is 45.5 Å². The Morgan fingerprint density at radius 3 is 2.40 bits per heavy atom. The topological polar surface area (TPSA) is 66.4 Å². The van der Waals surface area contributed by atoms with E-state index in [1.165, 1.54) is 13.2 Å². The molecule has 0 aliphatic heterocycles. The molecule has 0 amide bonds. The van der Waals surface area contributed by atoms with Crippen molar-refractivity contribution >= 4 is 32.7 Å². The van der Waals surface area contributed by atoms with Crippen molar-refractivity contribution in [3.8, 4) is 16.9 Å². The first-order valence-corrected chi connectivity index (χ1v) is 8.22. The standard InChI is InChI=1S/C14H13IO4S/c1-9-3-6-14(20(16,17)18)12(7-9)11-8-10(15)4-5-13(11)19-2/h3-8H,1-2H3,(H,16,17,18)/p-1. The van der Waals surface area contributed by atoms with Gasteiger partial charge in [0.05, 0.1) is 12.0 Å². The van der Waals surface area contributed by atoms with E-state index in [-0.39, 0.29) is 4.90 Å². The van der Waals surface area contributed by atoms with Crippen LogP contribution < -0.4 is 4.74 Å². The van der Waals surface area contributed by atoms with E-state index in [0.29, 0.717) is 16.9 Å². The van der Waals surface area contributed by atoms with Crippen molar-refractivity contribution in [1.29, 1.82) is 0 Å². The maximum atomic E-state index is 11.4. The highest BCUT2D eigenvalue weighted by molar-refractivity contribution is 14.1. The fraction of sp³-hybridized carbons (Fsp3) is 0.143. The number of benzene rings is 2. The van der Waals surface area contributed by atoms with Crippen LogP contribution in [0.4, 0.5) is 0 Å². The fourth-order valence-electron chi connectivity index (χ4n) is 1.96. The Bertz CT molecular complexity index is 754. The third-order valence-electron chi connectivity index (χ3n) is 2.86. The average Bonchev–Trinajstić information content (AvgIpc) is 2.37. The summed E-state index contributed by atoms with van der Waals surface area (Å²) in [5, 5.41) is 0. The van der Waals surface area contributed by atoms with Gasteiger partial charge >= 0.3 is 0 Å². The van der Waals surface area contributed by atoms with E-state index in [0.717, 1.165) is 9.13 Å². The van der Waals surface area contributed by atoms with Crippen LogP contribution in [-0.4, -0.2) is 20.1 Å².